The van der Waals surface area contributed by atoms with E-state index in [0.29, 0.717) is 0 Å². The van der Waals surface area contributed by atoms with Gasteiger partial charge in [-0.3, -0.25) is 0 Å². The van der Waals surface area contributed by atoms with Crippen molar-refractivity contribution in [2.45, 2.75) is 38.3 Å². The fourth-order valence-corrected chi connectivity index (χ4v) is 1.59. The van der Waals surface area contributed by atoms with Crippen LogP contribution in [0, 0.1) is 5.92 Å². The Morgan fingerprint density at radius 2 is 1.90 bits per heavy atom. The molecule has 0 nitrogen and oxygen atoms in total. The first kappa shape index (κ1) is 7.77. The number of alkyl halides is 1. The first-order valence-electron chi connectivity index (χ1n) is 4.08. The second kappa shape index (κ2) is 3.75. The summed E-state index contributed by atoms with van der Waals surface area (Å²) in [5, 5.41) is 0. The molecule has 0 aliphatic heterocycles. The monoisotopic (exact) mass is 142 g/mol. The van der Waals surface area contributed by atoms with Crippen LogP contribution in [0.4, 0.5) is 4.39 Å². The number of allylic oxidation sites excluding steroid dienone is 1. The molecular weight excluding hydrogens is 127 g/mol. The van der Waals surface area contributed by atoms with E-state index in [1.165, 1.54) is 0 Å². The summed E-state index contributed by atoms with van der Waals surface area (Å²) in [6.07, 6.45) is 6.19. The van der Waals surface area contributed by atoms with Gasteiger partial charge in [-0.1, -0.05) is 6.08 Å². The fraction of sp³-hybridized carbons (Fsp3) is 0.778. The molecule has 1 aliphatic carbocycles. The van der Waals surface area contributed by atoms with Crippen molar-refractivity contribution in [1.82, 2.24) is 0 Å². The topological polar surface area (TPSA) is 0 Å². The van der Waals surface area contributed by atoms with E-state index >= 15 is 0 Å². The third-order valence-corrected chi connectivity index (χ3v) is 2.28. The van der Waals surface area contributed by atoms with Gasteiger partial charge in [-0.2, -0.15) is 0 Å². The zero-order valence-electron chi connectivity index (χ0n) is 6.35. The minimum Gasteiger partial charge on any atom is -0.247 e. The van der Waals surface area contributed by atoms with E-state index in [4.69, 9.17) is 0 Å². The van der Waals surface area contributed by atoms with E-state index in [1.807, 2.05) is 6.08 Å². The number of hydrogen-bond donors (Lipinski definition) is 0. The first-order valence-corrected chi connectivity index (χ1v) is 4.08. The molecule has 0 N–H and O–H groups in total. The van der Waals surface area contributed by atoms with Crippen molar-refractivity contribution in [3.63, 3.8) is 0 Å². The summed E-state index contributed by atoms with van der Waals surface area (Å²) in [6, 6.07) is 0. The molecule has 0 spiro atoms. The lowest BCUT2D eigenvalue weighted by Crippen LogP contribution is -2.14. The lowest BCUT2D eigenvalue weighted by Gasteiger charge is -2.22. The van der Waals surface area contributed by atoms with Crippen LogP contribution < -0.4 is 0 Å². The maximum Gasteiger partial charge on any atom is 0.100 e. The Hall–Kier alpha value is -0.330. The lowest BCUT2D eigenvalue weighted by atomic mass is 9.86. The summed E-state index contributed by atoms with van der Waals surface area (Å²) in [6.45, 7) is 3.68. The second-order valence-electron chi connectivity index (χ2n) is 3.14. The standard InChI is InChI=1S/C9H15F/c1-2-3-8-4-6-9(10)7-5-8/h2,8-9H,1,3-7H2. The fourth-order valence-electron chi connectivity index (χ4n) is 1.59. The van der Waals surface area contributed by atoms with Gasteiger partial charge in [0.25, 0.3) is 0 Å². The molecule has 1 heteroatoms. The van der Waals surface area contributed by atoms with Gasteiger partial charge in [-0.15, -0.1) is 6.58 Å². The highest BCUT2D eigenvalue weighted by Crippen LogP contribution is 2.28. The van der Waals surface area contributed by atoms with Crippen LogP contribution in [0.25, 0.3) is 0 Å². The Kier molecular flexibility index (Phi) is 2.91. The van der Waals surface area contributed by atoms with Crippen LogP contribution in [0.2, 0.25) is 0 Å². The third kappa shape index (κ3) is 2.13. The second-order valence-corrected chi connectivity index (χ2v) is 3.14. The molecule has 0 unspecified atom stereocenters. The van der Waals surface area contributed by atoms with Gasteiger partial charge in [0.2, 0.25) is 0 Å². The Bertz CT molecular complexity index is 101. The molecule has 0 atom stereocenters. The highest BCUT2D eigenvalue weighted by Gasteiger charge is 2.18. The molecule has 0 amide bonds. The van der Waals surface area contributed by atoms with E-state index in [0.717, 1.165) is 38.0 Å². The van der Waals surface area contributed by atoms with Crippen LogP contribution in [0.3, 0.4) is 0 Å². The molecule has 0 saturated heterocycles. The normalized spacial score (nSPS) is 33.7. The summed E-state index contributed by atoms with van der Waals surface area (Å²) >= 11 is 0. The highest BCUT2D eigenvalue weighted by atomic mass is 19.1. The number of halogens is 1. The maximum absolute atomic E-state index is 12.6. The van der Waals surface area contributed by atoms with Crippen molar-refractivity contribution in [2.24, 2.45) is 5.92 Å². The number of hydrogen-bond acceptors (Lipinski definition) is 0. The minimum atomic E-state index is -0.513. The summed E-state index contributed by atoms with van der Waals surface area (Å²) in [5.41, 5.74) is 0. The number of rotatable bonds is 2. The molecular formula is C9H15F. The summed E-state index contributed by atoms with van der Waals surface area (Å²) in [5.74, 6) is 0.726. The molecule has 0 aromatic rings. The Labute approximate surface area is 62.1 Å². The van der Waals surface area contributed by atoms with Gasteiger partial charge in [-0.25, -0.2) is 4.39 Å². The molecule has 1 aliphatic rings. The SMILES string of the molecule is C=CCC1CCC(F)CC1. The van der Waals surface area contributed by atoms with Crippen molar-refractivity contribution in [3.05, 3.63) is 12.7 Å². The third-order valence-electron chi connectivity index (χ3n) is 2.28. The highest BCUT2D eigenvalue weighted by molar-refractivity contribution is 4.78. The molecule has 1 saturated carbocycles. The summed E-state index contributed by atoms with van der Waals surface area (Å²) in [4.78, 5) is 0. The van der Waals surface area contributed by atoms with Gasteiger partial charge in [0, 0.05) is 0 Å². The zero-order chi connectivity index (χ0) is 7.40. The minimum absolute atomic E-state index is 0.513. The van der Waals surface area contributed by atoms with Gasteiger partial charge < -0.3 is 0 Å². The molecule has 0 aromatic heterocycles. The Morgan fingerprint density at radius 1 is 1.30 bits per heavy atom. The molecule has 0 bridgehead atoms. The molecule has 0 aromatic carbocycles. The van der Waals surface area contributed by atoms with Gasteiger partial charge in [0.05, 0.1) is 0 Å². The first-order chi connectivity index (χ1) is 4.83. The zero-order valence-corrected chi connectivity index (χ0v) is 6.35. The molecule has 1 fully saturated rings. The predicted octanol–water partition coefficient (Wildman–Crippen LogP) is 3.09. The van der Waals surface area contributed by atoms with Crippen LogP contribution in [-0.4, -0.2) is 6.17 Å². The van der Waals surface area contributed by atoms with E-state index in [9.17, 15) is 4.39 Å². The van der Waals surface area contributed by atoms with E-state index < -0.39 is 6.17 Å². The van der Waals surface area contributed by atoms with Crippen molar-refractivity contribution >= 4 is 0 Å². The quantitative estimate of drug-likeness (QED) is 0.520. The van der Waals surface area contributed by atoms with E-state index in [-0.39, 0.29) is 0 Å². The van der Waals surface area contributed by atoms with Gasteiger partial charge in [0.1, 0.15) is 6.17 Å². The predicted molar refractivity (Wildman–Crippen MR) is 41.7 cm³/mol. The molecule has 10 heavy (non-hydrogen) atoms. The van der Waals surface area contributed by atoms with Crippen LogP contribution in [-0.2, 0) is 0 Å². The van der Waals surface area contributed by atoms with Gasteiger partial charge in [0.15, 0.2) is 0 Å². The van der Waals surface area contributed by atoms with Crippen molar-refractivity contribution in [2.75, 3.05) is 0 Å². The van der Waals surface area contributed by atoms with Gasteiger partial charge in [-0.05, 0) is 38.0 Å². The van der Waals surface area contributed by atoms with Crippen molar-refractivity contribution in [1.29, 1.82) is 0 Å². The van der Waals surface area contributed by atoms with Crippen LogP contribution in [0.1, 0.15) is 32.1 Å². The van der Waals surface area contributed by atoms with E-state index in [2.05, 4.69) is 6.58 Å². The maximum atomic E-state index is 12.6. The summed E-state index contributed by atoms with van der Waals surface area (Å²) in [7, 11) is 0. The van der Waals surface area contributed by atoms with E-state index in [1.54, 1.807) is 0 Å². The smallest absolute Gasteiger partial charge is 0.100 e. The average Bonchev–Trinajstić information content (AvgIpc) is 1.95. The van der Waals surface area contributed by atoms with Crippen molar-refractivity contribution in [3.8, 4) is 0 Å². The van der Waals surface area contributed by atoms with Crippen LogP contribution >= 0.6 is 0 Å². The van der Waals surface area contributed by atoms with Crippen LogP contribution in [0.5, 0.6) is 0 Å². The Morgan fingerprint density at radius 3 is 2.40 bits per heavy atom. The van der Waals surface area contributed by atoms with Crippen LogP contribution in [0.15, 0.2) is 12.7 Å². The largest absolute Gasteiger partial charge is 0.247 e. The van der Waals surface area contributed by atoms with Crippen molar-refractivity contribution < 1.29 is 4.39 Å². The lowest BCUT2D eigenvalue weighted by molar-refractivity contribution is 0.208. The molecule has 58 valence electrons. The molecule has 0 heterocycles. The Balaban J connectivity index is 2.19. The molecule has 1 rings (SSSR count). The van der Waals surface area contributed by atoms with Gasteiger partial charge >= 0.3 is 0 Å². The average molecular weight is 142 g/mol. The molecule has 0 radical (unpaired) electrons. The summed E-state index contributed by atoms with van der Waals surface area (Å²) < 4.78 is 12.6.